The Bertz CT molecular complexity index is 447. The molecule has 0 aromatic heterocycles. The second-order valence-corrected chi connectivity index (χ2v) is 3.07. The molecule has 17 heavy (non-hydrogen) atoms. The van der Waals surface area contributed by atoms with Crippen LogP contribution in [-0.4, -0.2) is 29.4 Å². The van der Waals surface area contributed by atoms with E-state index in [1.54, 1.807) is 30.3 Å². The molecular formula is C12H10O5. The standard InChI is InChI=1S/C12H10O5/c13-10(9-4-2-1-3-5-9)8-17-12(16)7-6-11(14)15/h1-7H,8H2,(H,14,15)/b7-6+. The van der Waals surface area contributed by atoms with E-state index >= 15 is 0 Å². The third-order valence-corrected chi connectivity index (χ3v) is 1.80. The van der Waals surface area contributed by atoms with Gasteiger partial charge in [0.05, 0.1) is 0 Å². The largest absolute Gasteiger partial charge is 0.478 e. The van der Waals surface area contributed by atoms with Gasteiger partial charge in [-0.15, -0.1) is 0 Å². The Morgan fingerprint density at radius 2 is 1.76 bits per heavy atom. The molecule has 0 aliphatic heterocycles. The van der Waals surface area contributed by atoms with Crippen molar-refractivity contribution in [2.75, 3.05) is 6.61 Å². The van der Waals surface area contributed by atoms with Crippen molar-refractivity contribution in [1.29, 1.82) is 0 Å². The zero-order chi connectivity index (χ0) is 12.7. The van der Waals surface area contributed by atoms with Gasteiger partial charge in [0, 0.05) is 17.7 Å². The van der Waals surface area contributed by atoms with Crippen LogP contribution in [0, 0.1) is 0 Å². The molecular weight excluding hydrogens is 224 g/mol. The summed E-state index contributed by atoms with van der Waals surface area (Å²) in [4.78, 5) is 32.5. The minimum Gasteiger partial charge on any atom is -0.478 e. The van der Waals surface area contributed by atoms with E-state index in [0.29, 0.717) is 11.6 Å². The highest BCUT2D eigenvalue weighted by atomic mass is 16.5. The zero-order valence-electron chi connectivity index (χ0n) is 8.83. The molecule has 88 valence electrons. The van der Waals surface area contributed by atoms with Crippen molar-refractivity contribution in [3.05, 3.63) is 48.0 Å². The Kier molecular flexibility index (Phi) is 4.62. The Labute approximate surface area is 97.3 Å². The molecule has 0 heterocycles. The maximum Gasteiger partial charge on any atom is 0.331 e. The number of carbonyl (C=O) groups is 3. The number of esters is 1. The Hall–Kier alpha value is -2.43. The molecule has 1 aromatic rings. The van der Waals surface area contributed by atoms with Crippen LogP contribution in [0.4, 0.5) is 0 Å². The molecule has 0 atom stereocenters. The third kappa shape index (κ3) is 4.74. The summed E-state index contributed by atoms with van der Waals surface area (Å²) in [5.74, 6) is -2.46. The summed E-state index contributed by atoms with van der Waals surface area (Å²) in [5, 5.41) is 8.26. The molecule has 0 aliphatic carbocycles. The maximum absolute atomic E-state index is 11.5. The molecule has 0 unspecified atom stereocenters. The first-order chi connectivity index (χ1) is 8.09. The van der Waals surface area contributed by atoms with Crippen molar-refractivity contribution in [2.45, 2.75) is 0 Å². The number of ether oxygens (including phenoxy) is 1. The predicted molar refractivity (Wildman–Crippen MR) is 58.5 cm³/mol. The summed E-state index contributed by atoms with van der Waals surface area (Å²) in [6.07, 6.45) is 1.40. The van der Waals surface area contributed by atoms with Crippen LogP contribution in [0.1, 0.15) is 10.4 Å². The number of benzene rings is 1. The van der Waals surface area contributed by atoms with Gasteiger partial charge in [0.25, 0.3) is 0 Å². The Balaban J connectivity index is 2.44. The SMILES string of the molecule is O=C(O)/C=C/C(=O)OCC(=O)c1ccccc1. The summed E-state index contributed by atoms with van der Waals surface area (Å²) >= 11 is 0. The fourth-order valence-corrected chi connectivity index (χ4v) is 1.03. The molecule has 5 heteroatoms. The lowest BCUT2D eigenvalue weighted by Crippen LogP contribution is -2.12. The van der Waals surface area contributed by atoms with E-state index in [2.05, 4.69) is 4.74 Å². The first-order valence-electron chi connectivity index (χ1n) is 4.75. The summed E-state index contributed by atoms with van der Waals surface area (Å²) in [5.41, 5.74) is 0.433. The van der Waals surface area contributed by atoms with Crippen LogP contribution in [0.15, 0.2) is 42.5 Å². The van der Waals surface area contributed by atoms with E-state index in [-0.39, 0.29) is 5.78 Å². The fourth-order valence-electron chi connectivity index (χ4n) is 1.03. The lowest BCUT2D eigenvalue weighted by atomic mass is 10.1. The highest BCUT2D eigenvalue weighted by molar-refractivity contribution is 5.99. The van der Waals surface area contributed by atoms with Crippen molar-refractivity contribution in [2.24, 2.45) is 0 Å². The van der Waals surface area contributed by atoms with Gasteiger partial charge >= 0.3 is 11.9 Å². The van der Waals surface area contributed by atoms with Crippen molar-refractivity contribution in [3.63, 3.8) is 0 Å². The van der Waals surface area contributed by atoms with Crippen LogP contribution in [0.5, 0.6) is 0 Å². The Morgan fingerprint density at radius 3 is 2.35 bits per heavy atom. The van der Waals surface area contributed by atoms with Crippen LogP contribution < -0.4 is 0 Å². The van der Waals surface area contributed by atoms with E-state index < -0.39 is 18.5 Å². The minimum absolute atomic E-state index is 0.345. The topological polar surface area (TPSA) is 80.7 Å². The quantitative estimate of drug-likeness (QED) is 0.468. The van der Waals surface area contributed by atoms with Crippen LogP contribution >= 0.6 is 0 Å². The van der Waals surface area contributed by atoms with E-state index in [9.17, 15) is 14.4 Å². The van der Waals surface area contributed by atoms with Crippen LogP contribution in [-0.2, 0) is 14.3 Å². The van der Waals surface area contributed by atoms with E-state index in [4.69, 9.17) is 5.11 Å². The molecule has 0 spiro atoms. The fraction of sp³-hybridized carbons (Fsp3) is 0.0833. The number of aliphatic carboxylic acids is 1. The molecule has 0 fully saturated rings. The number of hydrogen-bond acceptors (Lipinski definition) is 4. The lowest BCUT2D eigenvalue weighted by molar-refractivity contribution is -0.137. The number of carboxylic acids is 1. The van der Waals surface area contributed by atoms with E-state index in [1.807, 2.05) is 0 Å². The highest BCUT2D eigenvalue weighted by Gasteiger charge is 2.07. The molecule has 5 nitrogen and oxygen atoms in total. The zero-order valence-corrected chi connectivity index (χ0v) is 8.83. The first kappa shape index (κ1) is 12.6. The summed E-state index contributed by atoms with van der Waals surface area (Å²) in [6.45, 7) is -0.410. The first-order valence-corrected chi connectivity index (χ1v) is 4.75. The van der Waals surface area contributed by atoms with Gasteiger partial charge in [-0.1, -0.05) is 30.3 Å². The van der Waals surface area contributed by atoms with E-state index in [1.165, 1.54) is 0 Å². The monoisotopic (exact) mass is 234 g/mol. The van der Waals surface area contributed by atoms with Gasteiger partial charge in [-0.2, -0.15) is 0 Å². The van der Waals surface area contributed by atoms with Gasteiger partial charge in [-0.3, -0.25) is 4.79 Å². The molecule has 1 aromatic carbocycles. The normalized spacial score (nSPS) is 10.1. The number of rotatable bonds is 5. The minimum atomic E-state index is -1.25. The molecule has 0 radical (unpaired) electrons. The molecule has 0 saturated heterocycles. The van der Waals surface area contributed by atoms with Gasteiger partial charge in [0.15, 0.2) is 12.4 Å². The molecule has 0 bridgehead atoms. The van der Waals surface area contributed by atoms with Gasteiger partial charge in [0.2, 0.25) is 0 Å². The highest BCUT2D eigenvalue weighted by Crippen LogP contribution is 2.00. The van der Waals surface area contributed by atoms with Gasteiger partial charge in [0.1, 0.15) is 0 Å². The maximum atomic E-state index is 11.5. The van der Waals surface area contributed by atoms with E-state index in [0.717, 1.165) is 6.08 Å². The second kappa shape index (κ2) is 6.22. The summed E-state index contributed by atoms with van der Waals surface area (Å²) in [7, 11) is 0. The molecule has 0 saturated carbocycles. The summed E-state index contributed by atoms with van der Waals surface area (Å²) in [6, 6.07) is 8.35. The van der Waals surface area contributed by atoms with Crippen molar-refractivity contribution >= 4 is 17.7 Å². The molecule has 0 amide bonds. The van der Waals surface area contributed by atoms with Crippen LogP contribution in [0.25, 0.3) is 0 Å². The van der Waals surface area contributed by atoms with Crippen molar-refractivity contribution in [3.8, 4) is 0 Å². The number of ketones is 1. The average molecular weight is 234 g/mol. The Morgan fingerprint density at radius 1 is 1.12 bits per heavy atom. The van der Waals surface area contributed by atoms with Gasteiger partial charge < -0.3 is 9.84 Å². The predicted octanol–water partition coefficient (Wildman–Crippen LogP) is 1.05. The second-order valence-electron chi connectivity index (χ2n) is 3.07. The number of hydrogen-bond donors (Lipinski definition) is 1. The third-order valence-electron chi connectivity index (χ3n) is 1.80. The molecule has 0 aliphatic rings. The van der Waals surface area contributed by atoms with Crippen LogP contribution in [0.2, 0.25) is 0 Å². The van der Waals surface area contributed by atoms with Gasteiger partial charge in [-0.25, -0.2) is 9.59 Å². The smallest absolute Gasteiger partial charge is 0.331 e. The number of carboxylic acid groups (broad SMARTS) is 1. The summed E-state index contributed by atoms with van der Waals surface area (Å²) < 4.78 is 4.57. The van der Waals surface area contributed by atoms with Crippen molar-refractivity contribution in [1.82, 2.24) is 0 Å². The number of carbonyl (C=O) groups excluding carboxylic acids is 2. The molecule has 1 rings (SSSR count). The average Bonchev–Trinajstić information content (AvgIpc) is 2.34. The van der Waals surface area contributed by atoms with Crippen molar-refractivity contribution < 1.29 is 24.2 Å². The molecule has 1 N–H and O–H groups in total. The van der Waals surface area contributed by atoms with Gasteiger partial charge in [-0.05, 0) is 0 Å². The van der Waals surface area contributed by atoms with Crippen LogP contribution in [0.3, 0.4) is 0 Å². The number of Topliss-reactive ketones (excluding diaryl/α,β-unsaturated/α-hetero) is 1. The lowest BCUT2D eigenvalue weighted by Gasteiger charge is -2.01.